The molecule has 0 saturated carbocycles. The number of pyridine rings is 1. The first-order valence-electron chi connectivity index (χ1n) is 5.99. The first-order chi connectivity index (χ1) is 7.59. The van der Waals surface area contributed by atoms with Gasteiger partial charge in [0.1, 0.15) is 0 Å². The lowest BCUT2D eigenvalue weighted by molar-refractivity contribution is 0.774. The van der Waals surface area contributed by atoms with Crippen LogP contribution in [0.3, 0.4) is 0 Å². The molecule has 0 spiro atoms. The highest BCUT2D eigenvalue weighted by molar-refractivity contribution is 5.85. The first kappa shape index (κ1) is 11.1. The lowest BCUT2D eigenvalue weighted by Gasteiger charge is -2.13. The van der Waals surface area contributed by atoms with Crippen molar-refractivity contribution in [3.63, 3.8) is 0 Å². The van der Waals surface area contributed by atoms with Gasteiger partial charge in [0.15, 0.2) is 0 Å². The Kier molecular flexibility index (Phi) is 2.95. The predicted octanol–water partition coefficient (Wildman–Crippen LogP) is 4.48. The van der Waals surface area contributed by atoms with E-state index in [9.17, 15) is 0 Å². The molecule has 1 aromatic heterocycles. The van der Waals surface area contributed by atoms with Crippen LogP contribution >= 0.6 is 0 Å². The van der Waals surface area contributed by atoms with Crippen molar-refractivity contribution >= 4 is 10.8 Å². The van der Waals surface area contributed by atoms with E-state index >= 15 is 0 Å². The maximum Gasteiger partial charge on any atom is 0.0510 e. The Bertz CT molecular complexity index is 498. The van der Waals surface area contributed by atoms with Gasteiger partial charge in [0.2, 0.25) is 0 Å². The van der Waals surface area contributed by atoms with Gasteiger partial charge in [0.05, 0.1) is 5.69 Å². The van der Waals surface area contributed by atoms with Crippen molar-refractivity contribution in [1.29, 1.82) is 0 Å². The van der Waals surface area contributed by atoms with Crippen LogP contribution in [-0.2, 0) is 0 Å². The van der Waals surface area contributed by atoms with Crippen molar-refractivity contribution in [1.82, 2.24) is 4.98 Å². The lowest BCUT2D eigenvalue weighted by Crippen LogP contribution is -2.00. The largest absolute Gasteiger partial charge is 0.257 e. The molecule has 0 radical (unpaired) electrons. The third kappa shape index (κ3) is 1.95. The lowest BCUT2D eigenvalue weighted by atomic mass is 9.99. The minimum absolute atomic E-state index is 0.476. The van der Waals surface area contributed by atoms with Gasteiger partial charge in [0.25, 0.3) is 0 Å². The van der Waals surface area contributed by atoms with Crippen molar-refractivity contribution in [2.45, 2.75) is 39.5 Å². The van der Waals surface area contributed by atoms with Crippen LogP contribution in [0.15, 0.2) is 30.3 Å². The summed E-state index contributed by atoms with van der Waals surface area (Å²) in [5, 5.41) is 2.60. The van der Waals surface area contributed by atoms with E-state index in [1.165, 1.54) is 22.2 Å². The molecule has 0 unspecified atom stereocenters. The van der Waals surface area contributed by atoms with Gasteiger partial charge in [-0.15, -0.1) is 0 Å². The number of fused-ring (bicyclic) bond motifs is 1. The van der Waals surface area contributed by atoms with E-state index in [1.54, 1.807) is 0 Å². The molecule has 1 heterocycles. The monoisotopic (exact) mass is 213 g/mol. The van der Waals surface area contributed by atoms with Gasteiger partial charge in [-0.05, 0) is 23.3 Å². The Morgan fingerprint density at radius 3 is 2.25 bits per heavy atom. The van der Waals surface area contributed by atoms with Crippen LogP contribution in [0.4, 0.5) is 0 Å². The summed E-state index contributed by atoms with van der Waals surface area (Å²) in [6.45, 7) is 8.81. The molecule has 1 heteroatoms. The Balaban J connectivity index is 2.74. The second-order valence-corrected chi connectivity index (χ2v) is 4.96. The molecular formula is C15H19N. The van der Waals surface area contributed by atoms with Gasteiger partial charge in [-0.3, -0.25) is 4.98 Å². The average Bonchev–Trinajstić information content (AvgIpc) is 2.27. The molecule has 84 valence electrons. The molecule has 2 rings (SSSR count). The fourth-order valence-electron chi connectivity index (χ4n) is 1.98. The van der Waals surface area contributed by atoms with Gasteiger partial charge < -0.3 is 0 Å². The van der Waals surface area contributed by atoms with Gasteiger partial charge in [-0.25, -0.2) is 0 Å². The SMILES string of the molecule is CC(C)c1cc2ccccc2c(C(C)C)n1. The van der Waals surface area contributed by atoms with Crippen LogP contribution in [0.2, 0.25) is 0 Å². The molecule has 0 aliphatic carbocycles. The normalized spacial score (nSPS) is 11.6. The number of hydrogen-bond acceptors (Lipinski definition) is 1. The third-order valence-electron chi connectivity index (χ3n) is 2.93. The fraction of sp³-hybridized carbons (Fsp3) is 0.400. The van der Waals surface area contributed by atoms with Crippen LogP contribution in [0, 0.1) is 0 Å². The summed E-state index contributed by atoms with van der Waals surface area (Å²) < 4.78 is 0. The van der Waals surface area contributed by atoms with Gasteiger partial charge in [-0.1, -0.05) is 52.0 Å². The second-order valence-electron chi connectivity index (χ2n) is 4.96. The molecule has 1 aromatic carbocycles. The highest BCUT2D eigenvalue weighted by Crippen LogP contribution is 2.26. The molecule has 2 aromatic rings. The third-order valence-corrected chi connectivity index (χ3v) is 2.93. The summed E-state index contributed by atoms with van der Waals surface area (Å²) in [5.41, 5.74) is 2.42. The summed E-state index contributed by atoms with van der Waals surface area (Å²) >= 11 is 0. The highest BCUT2D eigenvalue weighted by atomic mass is 14.7. The molecule has 0 N–H and O–H groups in total. The molecule has 0 amide bonds. The number of rotatable bonds is 2. The molecule has 1 nitrogen and oxygen atoms in total. The van der Waals surface area contributed by atoms with Gasteiger partial charge in [0, 0.05) is 11.1 Å². The molecule has 0 fully saturated rings. The Labute approximate surface area is 97.5 Å². The summed E-state index contributed by atoms with van der Waals surface area (Å²) in [7, 11) is 0. The number of nitrogens with zero attached hydrogens (tertiary/aromatic N) is 1. The van der Waals surface area contributed by atoms with E-state index in [4.69, 9.17) is 4.98 Å². The number of benzene rings is 1. The maximum absolute atomic E-state index is 4.80. The molecule has 0 bridgehead atoms. The first-order valence-corrected chi connectivity index (χ1v) is 5.99. The topological polar surface area (TPSA) is 12.9 Å². The number of aromatic nitrogens is 1. The summed E-state index contributed by atoms with van der Waals surface area (Å²) in [5.74, 6) is 0.964. The zero-order valence-corrected chi connectivity index (χ0v) is 10.5. The van der Waals surface area contributed by atoms with Crippen molar-refractivity contribution in [2.75, 3.05) is 0 Å². The minimum atomic E-state index is 0.476. The summed E-state index contributed by atoms with van der Waals surface area (Å²) in [4.78, 5) is 4.80. The fourth-order valence-corrected chi connectivity index (χ4v) is 1.98. The van der Waals surface area contributed by atoms with E-state index in [0.717, 1.165) is 0 Å². The van der Waals surface area contributed by atoms with E-state index in [0.29, 0.717) is 11.8 Å². The molecule has 0 aliphatic heterocycles. The van der Waals surface area contributed by atoms with Gasteiger partial charge in [-0.2, -0.15) is 0 Å². The zero-order chi connectivity index (χ0) is 11.7. The Morgan fingerprint density at radius 1 is 0.938 bits per heavy atom. The van der Waals surface area contributed by atoms with Crippen LogP contribution in [0.25, 0.3) is 10.8 Å². The average molecular weight is 213 g/mol. The van der Waals surface area contributed by atoms with Crippen molar-refractivity contribution in [3.8, 4) is 0 Å². The predicted molar refractivity (Wildman–Crippen MR) is 69.9 cm³/mol. The Hall–Kier alpha value is -1.37. The van der Waals surface area contributed by atoms with E-state index in [-0.39, 0.29) is 0 Å². The standard InChI is InChI=1S/C15H19N/c1-10(2)14-9-12-7-5-6-8-13(12)15(16-14)11(3)4/h5-11H,1-4H3. The molecule has 0 saturated heterocycles. The second kappa shape index (κ2) is 4.25. The summed E-state index contributed by atoms with van der Waals surface area (Å²) in [6.07, 6.45) is 0. The van der Waals surface area contributed by atoms with Crippen molar-refractivity contribution in [3.05, 3.63) is 41.7 Å². The van der Waals surface area contributed by atoms with Crippen LogP contribution in [0.1, 0.15) is 50.9 Å². The minimum Gasteiger partial charge on any atom is -0.257 e. The van der Waals surface area contributed by atoms with E-state index in [2.05, 4.69) is 58.0 Å². The molecule has 0 atom stereocenters. The van der Waals surface area contributed by atoms with Crippen LogP contribution < -0.4 is 0 Å². The molecule has 16 heavy (non-hydrogen) atoms. The highest BCUT2D eigenvalue weighted by Gasteiger charge is 2.10. The maximum atomic E-state index is 4.80. The number of hydrogen-bond donors (Lipinski definition) is 0. The van der Waals surface area contributed by atoms with Crippen molar-refractivity contribution in [2.24, 2.45) is 0 Å². The Morgan fingerprint density at radius 2 is 1.62 bits per heavy atom. The smallest absolute Gasteiger partial charge is 0.0510 e. The van der Waals surface area contributed by atoms with E-state index in [1.807, 2.05) is 0 Å². The van der Waals surface area contributed by atoms with Crippen LogP contribution in [-0.4, -0.2) is 4.98 Å². The molecular weight excluding hydrogens is 194 g/mol. The van der Waals surface area contributed by atoms with Crippen LogP contribution in [0.5, 0.6) is 0 Å². The molecule has 0 aliphatic rings. The quantitative estimate of drug-likeness (QED) is 0.716. The van der Waals surface area contributed by atoms with Crippen molar-refractivity contribution < 1.29 is 0 Å². The summed E-state index contributed by atoms with van der Waals surface area (Å²) in [6, 6.07) is 10.7. The van der Waals surface area contributed by atoms with Gasteiger partial charge >= 0.3 is 0 Å². The van der Waals surface area contributed by atoms with E-state index < -0.39 is 0 Å². The zero-order valence-electron chi connectivity index (χ0n) is 10.5.